The molecule has 0 aliphatic carbocycles. The number of pyridine rings is 1. The first-order chi connectivity index (χ1) is 8.75. The number of fused-ring (bicyclic) bond motifs is 2. The predicted molar refractivity (Wildman–Crippen MR) is 70.2 cm³/mol. The Morgan fingerprint density at radius 3 is 2.44 bits per heavy atom. The molecule has 3 heterocycles. The molecule has 0 amide bonds. The smallest absolute Gasteiger partial charge is 0.136 e. The molecule has 18 heavy (non-hydrogen) atoms. The lowest BCUT2D eigenvalue weighted by atomic mass is 9.82. The molecule has 0 saturated carbocycles. The van der Waals surface area contributed by atoms with E-state index < -0.39 is 0 Å². The van der Waals surface area contributed by atoms with Gasteiger partial charge in [-0.25, -0.2) is 0 Å². The summed E-state index contributed by atoms with van der Waals surface area (Å²) in [6, 6.07) is 5.52. The summed E-state index contributed by atoms with van der Waals surface area (Å²) in [5, 5.41) is 0. The largest absolute Gasteiger partial charge is 0.300 e. The molecular formula is C15H20N2O. The second-order valence-electron chi connectivity index (χ2n) is 5.59. The van der Waals surface area contributed by atoms with Crippen LogP contribution in [0.25, 0.3) is 0 Å². The first-order valence-electron chi connectivity index (χ1n) is 6.95. The zero-order chi connectivity index (χ0) is 12.5. The number of Topliss-reactive ketones (excluding diaryl/α,β-unsaturated/α-hetero) is 1. The Kier molecular flexibility index (Phi) is 3.16. The zero-order valence-corrected chi connectivity index (χ0v) is 10.9. The minimum absolute atomic E-state index is 0.399. The fraction of sp³-hybridized carbons (Fsp3) is 0.600. The average molecular weight is 244 g/mol. The molecule has 2 aliphatic rings. The van der Waals surface area contributed by atoms with E-state index in [4.69, 9.17) is 0 Å². The van der Waals surface area contributed by atoms with Crippen molar-refractivity contribution in [3.63, 3.8) is 0 Å². The Bertz CT molecular complexity index is 415. The lowest BCUT2D eigenvalue weighted by molar-refractivity contribution is -0.128. The fourth-order valence-corrected chi connectivity index (χ4v) is 3.66. The quantitative estimate of drug-likeness (QED) is 0.802. The monoisotopic (exact) mass is 244 g/mol. The highest BCUT2D eigenvalue weighted by atomic mass is 16.1. The standard InChI is InChI=1S/C15H20N2O/c1-11(12-5-7-16-8-6-12)17-13-3-2-4-14(17)10-15(18)9-13/h5-8,11,13-14H,2-4,9-10H2,1H3. The van der Waals surface area contributed by atoms with Gasteiger partial charge in [0.05, 0.1) is 0 Å². The van der Waals surface area contributed by atoms with Crippen LogP contribution in [-0.4, -0.2) is 27.8 Å². The van der Waals surface area contributed by atoms with Gasteiger partial charge in [0.2, 0.25) is 0 Å². The van der Waals surface area contributed by atoms with Crippen LogP contribution in [0.5, 0.6) is 0 Å². The van der Waals surface area contributed by atoms with Crippen LogP contribution >= 0.6 is 0 Å². The van der Waals surface area contributed by atoms with Gasteiger partial charge in [-0.05, 0) is 37.5 Å². The van der Waals surface area contributed by atoms with Gasteiger partial charge in [-0.2, -0.15) is 0 Å². The van der Waals surface area contributed by atoms with E-state index in [1.165, 1.54) is 24.8 Å². The maximum atomic E-state index is 11.7. The second-order valence-corrected chi connectivity index (χ2v) is 5.59. The van der Waals surface area contributed by atoms with Crippen molar-refractivity contribution >= 4 is 5.78 Å². The highest BCUT2D eigenvalue weighted by Crippen LogP contribution is 2.38. The summed E-state index contributed by atoms with van der Waals surface area (Å²) in [6.07, 6.45) is 8.86. The molecule has 2 saturated heterocycles. The number of aromatic nitrogens is 1. The molecule has 3 atom stereocenters. The highest BCUT2D eigenvalue weighted by molar-refractivity contribution is 5.80. The van der Waals surface area contributed by atoms with Gasteiger partial charge in [-0.3, -0.25) is 14.7 Å². The third-order valence-electron chi connectivity index (χ3n) is 4.48. The number of nitrogens with zero attached hydrogens (tertiary/aromatic N) is 2. The van der Waals surface area contributed by atoms with Gasteiger partial charge in [-0.15, -0.1) is 0 Å². The van der Waals surface area contributed by atoms with Crippen molar-refractivity contribution in [3.8, 4) is 0 Å². The van der Waals surface area contributed by atoms with Crippen molar-refractivity contribution in [2.75, 3.05) is 0 Å². The summed E-state index contributed by atoms with van der Waals surface area (Å²) in [5.74, 6) is 0.461. The second kappa shape index (κ2) is 4.81. The maximum absolute atomic E-state index is 11.7. The normalized spacial score (nSPS) is 30.2. The molecule has 0 aromatic carbocycles. The Hall–Kier alpha value is -1.22. The first kappa shape index (κ1) is 11.8. The van der Waals surface area contributed by atoms with Crippen LogP contribution in [0.15, 0.2) is 24.5 Å². The number of carbonyl (C=O) groups is 1. The molecule has 3 nitrogen and oxygen atoms in total. The summed E-state index contributed by atoms with van der Waals surface area (Å²) in [7, 11) is 0. The molecule has 0 spiro atoms. The minimum atomic E-state index is 0.399. The van der Waals surface area contributed by atoms with Crippen molar-refractivity contribution in [1.82, 2.24) is 9.88 Å². The van der Waals surface area contributed by atoms with E-state index in [1.54, 1.807) is 0 Å². The Balaban J connectivity index is 1.85. The van der Waals surface area contributed by atoms with Crippen molar-refractivity contribution < 1.29 is 4.79 Å². The van der Waals surface area contributed by atoms with E-state index in [0.29, 0.717) is 23.9 Å². The first-order valence-corrected chi connectivity index (χ1v) is 6.95. The molecule has 3 unspecified atom stereocenters. The summed E-state index contributed by atoms with van der Waals surface area (Å²) in [6.45, 7) is 2.26. The van der Waals surface area contributed by atoms with E-state index in [9.17, 15) is 4.79 Å². The topological polar surface area (TPSA) is 33.2 Å². The van der Waals surface area contributed by atoms with Crippen LogP contribution in [0, 0.1) is 0 Å². The highest BCUT2D eigenvalue weighted by Gasteiger charge is 2.39. The van der Waals surface area contributed by atoms with Crippen molar-refractivity contribution in [2.24, 2.45) is 0 Å². The third kappa shape index (κ3) is 2.07. The lowest BCUT2D eigenvalue weighted by Gasteiger charge is -2.48. The van der Waals surface area contributed by atoms with Gasteiger partial charge in [0.15, 0.2) is 0 Å². The molecule has 96 valence electrons. The van der Waals surface area contributed by atoms with E-state index in [-0.39, 0.29) is 0 Å². The molecule has 2 bridgehead atoms. The van der Waals surface area contributed by atoms with Gasteiger partial charge in [-0.1, -0.05) is 6.42 Å². The molecule has 1 aromatic heterocycles. The van der Waals surface area contributed by atoms with Gasteiger partial charge < -0.3 is 0 Å². The molecule has 3 heteroatoms. The number of carbonyl (C=O) groups excluding carboxylic acids is 1. The molecule has 0 N–H and O–H groups in total. The summed E-state index contributed by atoms with van der Waals surface area (Å²) in [5.41, 5.74) is 1.32. The molecule has 2 aliphatic heterocycles. The van der Waals surface area contributed by atoms with Crippen LogP contribution in [-0.2, 0) is 4.79 Å². The van der Waals surface area contributed by atoms with Crippen LogP contribution in [0.1, 0.15) is 50.6 Å². The van der Waals surface area contributed by atoms with E-state index in [2.05, 4.69) is 28.9 Å². The number of hydrogen-bond donors (Lipinski definition) is 0. The number of rotatable bonds is 2. The van der Waals surface area contributed by atoms with Crippen LogP contribution in [0.2, 0.25) is 0 Å². The zero-order valence-electron chi connectivity index (χ0n) is 10.9. The van der Waals surface area contributed by atoms with Gasteiger partial charge in [0.25, 0.3) is 0 Å². The van der Waals surface area contributed by atoms with Gasteiger partial charge in [0.1, 0.15) is 5.78 Å². The average Bonchev–Trinajstić information content (AvgIpc) is 2.38. The Morgan fingerprint density at radius 1 is 1.22 bits per heavy atom. The molecule has 0 radical (unpaired) electrons. The van der Waals surface area contributed by atoms with Crippen LogP contribution < -0.4 is 0 Å². The Labute approximate surface area is 108 Å². The van der Waals surface area contributed by atoms with E-state index >= 15 is 0 Å². The predicted octanol–water partition coefficient (Wildman–Crippen LogP) is 2.73. The van der Waals surface area contributed by atoms with Crippen molar-refractivity contribution in [2.45, 2.75) is 57.2 Å². The van der Waals surface area contributed by atoms with E-state index in [1.807, 2.05) is 12.4 Å². The maximum Gasteiger partial charge on any atom is 0.136 e. The van der Waals surface area contributed by atoms with E-state index in [0.717, 1.165) is 12.8 Å². The summed E-state index contributed by atoms with van der Waals surface area (Å²) in [4.78, 5) is 18.4. The van der Waals surface area contributed by atoms with Crippen LogP contribution in [0.4, 0.5) is 0 Å². The number of piperidine rings is 2. The van der Waals surface area contributed by atoms with Crippen LogP contribution in [0.3, 0.4) is 0 Å². The summed E-state index contributed by atoms with van der Waals surface area (Å²) < 4.78 is 0. The molecule has 3 rings (SSSR count). The minimum Gasteiger partial charge on any atom is -0.300 e. The van der Waals surface area contributed by atoms with Crippen molar-refractivity contribution in [3.05, 3.63) is 30.1 Å². The number of hydrogen-bond acceptors (Lipinski definition) is 3. The Morgan fingerprint density at radius 2 is 1.83 bits per heavy atom. The van der Waals surface area contributed by atoms with Crippen molar-refractivity contribution in [1.29, 1.82) is 0 Å². The SMILES string of the molecule is CC(c1ccncc1)N1C2CCCC1CC(=O)C2. The van der Waals surface area contributed by atoms with Gasteiger partial charge in [0, 0.05) is 43.4 Å². The summed E-state index contributed by atoms with van der Waals surface area (Å²) >= 11 is 0. The molecule has 2 fully saturated rings. The van der Waals surface area contributed by atoms with Gasteiger partial charge >= 0.3 is 0 Å². The number of ketones is 1. The lowest BCUT2D eigenvalue weighted by Crippen LogP contribution is -2.53. The molecule has 1 aromatic rings. The third-order valence-corrected chi connectivity index (χ3v) is 4.48. The molecular weight excluding hydrogens is 224 g/mol. The fourth-order valence-electron chi connectivity index (χ4n) is 3.66.